The molecule has 2 aromatic rings. The van der Waals surface area contributed by atoms with Gasteiger partial charge < -0.3 is 19.7 Å². The summed E-state index contributed by atoms with van der Waals surface area (Å²) >= 11 is 0. The summed E-state index contributed by atoms with van der Waals surface area (Å²) in [6, 6.07) is 0.413. The summed E-state index contributed by atoms with van der Waals surface area (Å²) in [7, 11) is 2.14. The van der Waals surface area contributed by atoms with Crippen LogP contribution in [-0.2, 0) is 24.7 Å². The van der Waals surface area contributed by atoms with E-state index in [0.717, 1.165) is 82.3 Å². The molecule has 2 aliphatic heterocycles. The zero-order valence-electron chi connectivity index (χ0n) is 21.1. The van der Waals surface area contributed by atoms with Crippen molar-refractivity contribution in [3.63, 3.8) is 0 Å². The summed E-state index contributed by atoms with van der Waals surface area (Å²) in [6.07, 6.45) is 17.4. The third-order valence-corrected chi connectivity index (χ3v) is 8.94. The number of imidazole rings is 1. The number of hydrogen-bond acceptors (Lipinski definition) is 6. The number of fused-ring (bicyclic) bond motifs is 1. The van der Waals surface area contributed by atoms with Crippen molar-refractivity contribution >= 4 is 24.1 Å². The normalized spacial score (nSPS) is 25.2. The fraction of sp³-hybridized carbons (Fsp3) is 0.704. The third kappa shape index (κ3) is 4.40. The van der Waals surface area contributed by atoms with Crippen LogP contribution in [0.4, 0.5) is 17.7 Å². The number of carbonyl (C=O) groups is 1. The molecule has 2 unspecified atom stereocenters. The Bertz CT molecular complexity index is 1060. The molecule has 0 spiro atoms. The molecule has 0 bridgehead atoms. The minimum absolute atomic E-state index is 0.413. The molecule has 8 nitrogen and oxygen atoms in total. The first-order chi connectivity index (χ1) is 17.2. The summed E-state index contributed by atoms with van der Waals surface area (Å²) in [5, 5.41) is 3.63. The fourth-order valence-electron chi connectivity index (χ4n) is 7.05. The molecule has 0 aromatic carbocycles. The molecule has 2 atom stereocenters. The van der Waals surface area contributed by atoms with Gasteiger partial charge in [0, 0.05) is 49.9 Å². The number of nitrogens with one attached hydrogen (secondary N) is 1. The van der Waals surface area contributed by atoms with Gasteiger partial charge in [0.05, 0.1) is 11.9 Å². The molecule has 35 heavy (non-hydrogen) atoms. The molecule has 4 heterocycles. The van der Waals surface area contributed by atoms with Crippen molar-refractivity contribution in [2.75, 3.05) is 29.9 Å². The molecule has 3 fully saturated rings. The monoisotopic (exact) mass is 477 g/mol. The SMILES string of the molecule is Cn1c(C2CCCCC2)cnc1Nc1nc(N2CCCC2C2CCCN(C=O)C2)nc2c1CCC2. The lowest BCUT2D eigenvalue weighted by atomic mass is 9.87. The zero-order chi connectivity index (χ0) is 23.8. The van der Waals surface area contributed by atoms with Crippen LogP contribution in [0.15, 0.2) is 6.20 Å². The molecule has 0 radical (unpaired) electrons. The van der Waals surface area contributed by atoms with Crippen LogP contribution in [0.25, 0.3) is 0 Å². The second-order valence-electron chi connectivity index (χ2n) is 11.1. The predicted octanol–water partition coefficient (Wildman–Crippen LogP) is 4.33. The fourth-order valence-corrected chi connectivity index (χ4v) is 7.05. The molecule has 1 N–H and O–H groups in total. The molecule has 2 aliphatic carbocycles. The molecule has 2 saturated heterocycles. The summed E-state index contributed by atoms with van der Waals surface area (Å²) < 4.78 is 2.24. The molecular weight excluding hydrogens is 438 g/mol. The quantitative estimate of drug-likeness (QED) is 0.624. The van der Waals surface area contributed by atoms with E-state index in [9.17, 15) is 4.79 Å². The zero-order valence-corrected chi connectivity index (χ0v) is 21.1. The minimum Gasteiger partial charge on any atom is -0.345 e. The van der Waals surface area contributed by atoms with E-state index in [1.807, 2.05) is 4.90 Å². The number of aryl methyl sites for hydroxylation is 1. The van der Waals surface area contributed by atoms with Gasteiger partial charge in [-0.15, -0.1) is 0 Å². The van der Waals surface area contributed by atoms with Crippen LogP contribution in [0.3, 0.4) is 0 Å². The van der Waals surface area contributed by atoms with Crippen molar-refractivity contribution in [2.45, 2.75) is 89.0 Å². The first kappa shape index (κ1) is 22.8. The van der Waals surface area contributed by atoms with E-state index in [1.54, 1.807) is 0 Å². The number of rotatable bonds is 6. The first-order valence-electron chi connectivity index (χ1n) is 13.9. The van der Waals surface area contributed by atoms with E-state index in [-0.39, 0.29) is 0 Å². The number of anilines is 3. The van der Waals surface area contributed by atoms with Crippen LogP contribution in [0, 0.1) is 5.92 Å². The van der Waals surface area contributed by atoms with Crippen molar-refractivity contribution in [3.05, 3.63) is 23.1 Å². The Morgan fingerprint density at radius 2 is 1.83 bits per heavy atom. The lowest BCUT2D eigenvalue weighted by molar-refractivity contribution is -0.119. The lowest BCUT2D eigenvalue weighted by Crippen LogP contribution is -2.45. The van der Waals surface area contributed by atoms with Crippen LogP contribution >= 0.6 is 0 Å². The molecule has 1 saturated carbocycles. The van der Waals surface area contributed by atoms with Crippen molar-refractivity contribution in [1.82, 2.24) is 24.4 Å². The van der Waals surface area contributed by atoms with E-state index in [0.29, 0.717) is 17.9 Å². The Morgan fingerprint density at radius 3 is 2.69 bits per heavy atom. The molecule has 1 amide bonds. The first-order valence-corrected chi connectivity index (χ1v) is 13.9. The van der Waals surface area contributed by atoms with Gasteiger partial charge in [0.25, 0.3) is 0 Å². The maximum Gasteiger partial charge on any atom is 0.227 e. The van der Waals surface area contributed by atoms with E-state index >= 15 is 0 Å². The van der Waals surface area contributed by atoms with E-state index in [2.05, 4.69) is 28.0 Å². The number of carbonyl (C=O) groups excluding carboxylic acids is 1. The van der Waals surface area contributed by atoms with Crippen molar-refractivity contribution in [1.29, 1.82) is 0 Å². The second-order valence-corrected chi connectivity index (χ2v) is 11.1. The van der Waals surface area contributed by atoms with Crippen molar-refractivity contribution < 1.29 is 4.79 Å². The highest BCUT2D eigenvalue weighted by Crippen LogP contribution is 2.37. The van der Waals surface area contributed by atoms with E-state index in [1.165, 1.54) is 55.5 Å². The Balaban J connectivity index is 1.27. The van der Waals surface area contributed by atoms with Crippen LogP contribution in [0.2, 0.25) is 0 Å². The van der Waals surface area contributed by atoms with Gasteiger partial charge in [0.15, 0.2) is 0 Å². The Kier molecular flexibility index (Phi) is 6.37. The standard InChI is InChI=1S/C27H39N7O/c1-32-24(19-8-3-2-4-9-19)16-28-26(32)30-25-21-11-5-12-22(21)29-27(31-25)34-15-7-13-23(34)20-10-6-14-33(17-20)18-35/h16,18-20,23H,2-15,17H2,1H3,(H,28,29,30,31). The maximum atomic E-state index is 11.4. The van der Waals surface area contributed by atoms with Crippen molar-refractivity contribution in [3.8, 4) is 0 Å². The lowest BCUT2D eigenvalue weighted by Gasteiger charge is -2.37. The van der Waals surface area contributed by atoms with Gasteiger partial charge in [0.2, 0.25) is 18.3 Å². The van der Waals surface area contributed by atoms with Gasteiger partial charge in [-0.05, 0) is 63.7 Å². The summed E-state index contributed by atoms with van der Waals surface area (Å²) in [5.74, 6) is 3.81. The number of hydrogen-bond donors (Lipinski definition) is 1. The van der Waals surface area contributed by atoms with Gasteiger partial charge in [-0.25, -0.2) is 9.97 Å². The Labute approximate surface area is 208 Å². The number of piperidine rings is 1. The number of amides is 1. The molecule has 6 rings (SSSR count). The Hall–Kier alpha value is -2.64. The van der Waals surface area contributed by atoms with E-state index < -0.39 is 0 Å². The van der Waals surface area contributed by atoms with Gasteiger partial charge in [0.1, 0.15) is 5.82 Å². The van der Waals surface area contributed by atoms with Crippen LogP contribution < -0.4 is 10.2 Å². The highest BCUT2D eigenvalue weighted by molar-refractivity contribution is 5.59. The van der Waals surface area contributed by atoms with Gasteiger partial charge in [-0.1, -0.05) is 19.3 Å². The highest BCUT2D eigenvalue weighted by atomic mass is 16.1. The third-order valence-electron chi connectivity index (χ3n) is 8.94. The largest absolute Gasteiger partial charge is 0.345 e. The summed E-state index contributed by atoms with van der Waals surface area (Å²) in [5.41, 5.74) is 3.80. The second kappa shape index (κ2) is 9.78. The highest BCUT2D eigenvalue weighted by Gasteiger charge is 2.36. The van der Waals surface area contributed by atoms with Crippen LogP contribution in [0.1, 0.15) is 87.1 Å². The predicted molar refractivity (Wildman–Crippen MR) is 137 cm³/mol. The Morgan fingerprint density at radius 1 is 0.971 bits per heavy atom. The number of nitrogens with zero attached hydrogens (tertiary/aromatic N) is 6. The van der Waals surface area contributed by atoms with Crippen LogP contribution in [-0.4, -0.2) is 56.5 Å². The number of aromatic nitrogens is 4. The molecule has 2 aromatic heterocycles. The van der Waals surface area contributed by atoms with Crippen molar-refractivity contribution in [2.24, 2.45) is 13.0 Å². The molecule has 188 valence electrons. The molecule has 4 aliphatic rings. The van der Waals surface area contributed by atoms with Gasteiger partial charge in [-0.2, -0.15) is 4.98 Å². The summed E-state index contributed by atoms with van der Waals surface area (Å²) in [4.78, 5) is 30.8. The van der Waals surface area contributed by atoms with E-state index in [4.69, 9.17) is 15.0 Å². The average molecular weight is 478 g/mol. The number of likely N-dealkylation sites (tertiary alicyclic amines) is 1. The molecular formula is C27H39N7O. The minimum atomic E-state index is 0.413. The van der Waals surface area contributed by atoms with Crippen LogP contribution in [0.5, 0.6) is 0 Å². The average Bonchev–Trinajstić information content (AvgIpc) is 3.65. The van der Waals surface area contributed by atoms with Gasteiger partial charge >= 0.3 is 0 Å². The smallest absolute Gasteiger partial charge is 0.227 e. The van der Waals surface area contributed by atoms with Gasteiger partial charge in [-0.3, -0.25) is 4.79 Å². The topological polar surface area (TPSA) is 79.2 Å². The molecule has 8 heteroatoms. The maximum absolute atomic E-state index is 11.4. The summed E-state index contributed by atoms with van der Waals surface area (Å²) in [6.45, 7) is 2.75.